The summed E-state index contributed by atoms with van der Waals surface area (Å²) in [7, 11) is 0. The van der Waals surface area contributed by atoms with E-state index in [1.54, 1.807) is 0 Å². The highest BCUT2D eigenvalue weighted by Gasteiger charge is 2.32. The summed E-state index contributed by atoms with van der Waals surface area (Å²) in [6.45, 7) is 0. The number of hydrogen-bond donors (Lipinski definition) is 0. The van der Waals surface area contributed by atoms with Gasteiger partial charge < -0.3 is 0 Å². The van der Waals surface area contributed by atoms with Gasteiger partial charge in [0.25, 0.3) is 0 Å². The second-order valence-corrected chi connectivity index (χ2v) is 4.69. The Bertz CT molecular complexity index is 157. The second kappa shape index (κ2) is 3.18. The van der Waals surface area contributed by atoms with Crippen molar-refractivity contribution < 1.29 is 4.79 Å². The predicted molar refractivity (Wildman–Crippen MR) is 47.8 cm³/mol. The quantitative estimate of drug-likeness (QED) is 0.631. The first-order valence-electron chi connectivity index (χ1n) is 4.49. The van der Waals surface area contributed by atoms with Crippen molar-refractivity contribution in [3.63, 3.8) is 0 Å². The monoisotopic (exact) mass is 170 g/mol. The molecule has 2 heteroatoms. The van der Waals surface area contributed by atoms with E-state index in [-0.39, 0.29) is 0 Å². The maximum Gasteiger partial charge on any atom is 0.140 e. The molecule has 62 valence electrons. The number of carbonyl (C=O) groups excluding carboxylic acids is 1. The van der Waals surface area contributed by atoms with Gasteiger partial charge in [0.2, 0.25) is 0 Å². The third-order valence-electron chi connectivity index (χ3n) is 2.80. The van der Waals surface area contributed by atoms with Crippen molar-refractivity contribution >= 4 is 17.5 Å². The average Bonchev–Trinajstić information content (AvgIpc) is 2.32. The van der Waals surface area contributed by atoms with Crippen LogP contribution in [0.2, 0.25) is 0 Å². The van der Waals surface area contributed by atoms with E-state index in [4.69, 9.17) is 0 Å². The fourth-order valence-corrected chi connectivity index (χ4v) is 2.74. The standard InChI is InChI=1S/C9H14OS/c10-9(8-5-11-6-8)7-3-1-2-4-7/h7-8H,1-6H2. The Hall–Kier alpha value is 0.0200. The lowest BCUT2D eigenvalue weighted by Gasteiger charge is -2.25. The summed E-state index contributed by atoms with van der Waals surface area (Å²) in [5.74, 6) is 3.70. The third-order valence-corrected chi connectivity index (χ3v) is 4.07. The molecule has 1 aliphatic heterocycles. The van der Waals surface area contributed by atoms with Crippen molar-refractivity contribution in [2.24, 2.45) is 11.8 Å². The lowest BCUT2D eigenvalue weighted by atomic mass is 9.93. The Balaban J connectivity index is 1.87. The summed E-state index contributed by atoms with van der Waals surface area (Å²) >= 11 is 1.91. The lowest BCUT2D eigenvalue weighted by molar-refractivity contribution is -0.125. The van der Waals surface area contributed by atoms with Gasteiger partial charge >= 0.3 is 0 Å². The molecule has 0 atom stereocenters. The molecule has 0 N–H and O–H groups in total. The van der Waals surface area contributed by atoms with Gasteiger partial charge in [-0.15, -0.1) is 0 Å². The zero-order valence-corrected chi connectivity index (χ0v) is 7.53. The molecule has 1 saturated carbocycles. The molecular weight excluding hydrogens is 156 g/mol. The van der Waals surface area contributed by atoms with E-state index in [2.05, 4.69) is 0 Å². The number of carbonyl (C=O) groups is 1. The predicted octanol–water partition coefficient (Wildman–Crippen LogP) is 2.11. The van der Waals surface area contributed by atoms with E-state index in [0.717, 1.165) is 11.5 Å². The molecule has 2 fully saturated rings. The molecule has 2 rings (SSSR count). The average molecular weight is 170 g/mol. The summed E-state index contributed by atoms with van der Waals surface area (Å²) in [5, 5.41) is 0. The van der Waals surface area contributed by atoms with Crippen LogP contribution in [-0.4, -0.2) is 17.3 Å². The Kier molecular flexibility index (Phi) is 2.21. The van der Waals surface area contributed by atoms with Gasteiger partial charge in [-0.2, -0.15) is 11.8 Å². The molecular formula is C9H14OS. The van der Waals surface area contributed by atoms with E-state index >= 15 is 0 Å². The molecule has 0 spiro atoms. The first-order chi connectivity index (χ1) is 5.38. The van der Waals surface area contributed by atoms with Gasteiger partial charge in [-0.05, 0) is 12.8 Å². The molecule has 1 saturated heterocycles. The summed E-state index contributed by atoms with van der Waals surface area (Å²) in [4.78, 5) is 11.6. The van der Waals surface area contributed by atoms with Gasteiger partial charge in [-0.3, -0.25) is 4.79 Å². The molecule has 0 bridgehead atoms. The maximum absolute atomic E-state index is 11.6. The Morgan fingerprint density at radius 3 is 2.18 bits per heavy atom. The van der Waals surface area contributed by atoms with E-state index in [0.29, 0.717) is 17.6 Å². The highest BCUT2D eigenvalue weighted by Crippen LogP contribution is 2.33. The molecule has 1 heterocycles. The van der Waals surface area contributed by atoms with Crippen molar-refractivity contribution in [2.75, 3.05) is 11.5 Å². The molecule has 0 aromatic heterocycles. The van der Waals surface area contributed by atoms with Crippen LogP contribution >= 0.6 is 11.8 Å². The highest BCUT2D eigenvalue weighted by atomic mass is 32.2. The van der Waals surface area contributed by atoms with Gasteiger partial charge in [-0.1, -0.05) is 12.8 Å². The van der Waals surface area contributed by atoms with Crippen LogP contribution in [0.4, 0.5) is 0 Å². The van der Waals surface area contributed by atoms with Gasteiger partial charge in [-0.25, -0.2) is 0 Å². The summed E-state index contributed by atoms with van der Waals surface area (Å²) in [6, 6.07) is 0. The largest absolute Gasteiger partial charge is 0.299 e. The van der Waals surface area contributed by atoms with Crippen LogP contribution in [0.15, 0.2) is 0 Å². The molecule has 0 aromatic carbocycles. The van der Waals surface area contributed by atoms with Crippen LogP contribution in [0.1, 0.15) is 25.7 Å². The highest BCUT2D eigenvalue weighted by molar-refractivity contribution is 8.00. The molecule has 1 nitrogen and oxygen atoms in total. The van der Waals surface area contributed by atoms with Crippen molar-refractivity contribution in [1.82, 2.24) is 0 Å². The van der Waals surface area contributed by atoms with Crippen molar-refractivity contribution in [3.05, 3.63) is 0 Å². The maximum atomic E-state index is 11.6. The summed E-state index contributed by atoms with van der Waals surface area (Å²) in [6.07, 6.45) is 4.94. The molecule has 1 aliphatic carbocycles. The first kappa shape index (κ1) is 7.66. The lowest BCUT2D eigenvalue weighted by Crippen LogP contribution is -2.31. The Morgan fingerprint density at radius 2 is 1.73 bits per heavy atom. The number of Topliss-reactive ketones (excluding diaryl/α,β-unsaturated/α-hetero) is 1. The minimum Gasteiger partial charge on any atom is -0.299 e. The molecule has 0 radical (unpaired) electrons. The van der Waals surface area contributed by atoms with E-state index < -0.39 is 0 Å². The number of thioether (sulfide) groups is 1. The van der Waals surface area contributed by atoms with Crippen molar-refractivity contribution in [1.29, 1.82) is 0 Å². The Labute approximate surface area is 71.9 Å². The fraction of sp³-hybridized carbons (Fsp3) is 0.889. The minimum atomic E-state index is 0.447. The molecule has 0 amide bonds. The van der Waals surface area contributed by atoms with Gasteiger partial charge in [0, 0.05) is 23.3 Å². The zero-order valence-electron chi connectivity index (χ0n) is 6.71. The minimum absolute atomic E-state index is 0.447. The number of ketones is 1. The fourth-order valence-electron chi connectivity index (χ4n) is 1.94. The van der Waals surface area contributed by atoms with Crippen LogP contribution < -0.4 is 0 Å². The molecule has 11 heavy (non-hydrogen) atoms. The van der Waals surface area contributed by atoms with Crippen molar-refractivity contribution in [3.8, 4) is 0 Å². The van der Waals surface area contributed by atoms with Gasteiger partial charge in [0.1, 0.15) is 5.78 Å². The van der Waals surface area contributed by atoms with E-state index in [9.17, 15) is 4.79 Å². The topological polar surface area (TPSA) is 17.1 Å². The van der Waals surface area contributed by atoms with Crippen LogP contribution in [-0.2, 0) is 4.79 Å². The normalized spacial score (nSPS) is 26.9. The molecule has 0 aromatic rings. The van der Waals surface area contributed by atoms with Crippen molar-refractivity contribution in [2.45, 2.75) is 25.7 Å². The SMILES string of the molecule is O=C(C1CCCC1)C1CSC1. The van der Waals surface area contributed by atoms with Crippen LogP contribution in [0.25, 0.3) is 0 Å². The van der Waals surface area contributed by atoms with E-state index in [1.165, 1.54) is 25.7 Å². The van der Waals surface area contributed by atoms with E-state index in [1.807, 2.05) is 11.8 Å². The first-order valence-corrected chi connectivity index (χ1v) is 5.65. The zero-order chi connectivity index (χ0) is 7.68. The molecule has 2 aliphatic rings. The number of hydrogen-bond acceptors (Lipinski definition) is 2. The second-order valence-electron chi connectivity index (χ2n) is 3.62. The van der Waals surface area contributed by atoms with Gasteiger partial charge in [0.15, 0.2) is 0 Å². The van der Waals surface area contributed by atoms with Crippen LogP contribution in [0.3, 0.4) is 0 Å². The van der Waals surface area contributed by atoms with Gasteiger partial charge in [0.05, 0.1) is 0 Å². The Morgan fingerprint density at radius 1 is 1.09 bits per heavy atom. The summed E-state index contributed by atoms with van der Waals surface area (Å²) < 4.78 is 0. The summed E-state index contributed by atoms with van der Waals surface area (Å²) in [5.41, 5.74) is 0. The number of rotatable bonds is 2. The third kappa shape index (κ3) is 1.46. The smallest absolute Gasteiger partial charge is 0.140 e. The van der Waals surface area contributed by atoms with Crippen LogP contribution in [0, 0.1) is 11.8 Å². The van der Waals surface area contributed by atoms with Crippen LogP contribution in [0.5, 0.6) is 0 Å². The molecule has 0 unspecified atom stereocenters.